The molecule has 2 fully saturated rings. The molecule has 1 aromatic rings. The Bertz CT molecular complexity index is 670. The standard InChI is InChI=1S/C21H31F3N2O3/c1-25-10-12-26(13-11-25)15-17(20(27)8-4-3-5-9-20)16-6-7-18(28-2)19(14-16)29-21(22,23)24/h6-7,14,17,27H,3-5,8-13,15H2,1-2H3. The van der Waals surface area contributed by atoms with Crippen LogP contribution in [0.25, 0.3) is 0 Å². The maximum absolute atomic E-state index is 12.9. The molecule has 0 aromatic heterocycles. The number of halogens is 3. The fourth-order valence-corrected chi connectivity index (χ4v) is 4.50. The summed E-state index contributed by atoms with van der Waals surface area (Å²) in [7, 11) is 3.39. The highest BCUT2D eigenvalue weighted by molar-refractivity contribution is 5.45. The van der Waals surface area contributed by atoms with Gasteiger partial charge in [-0.2, -0.15) is 0 Å². The smallest absolute Gasteiger partial charge is 0.493 e. The second-order valence-corrected chi connectivity index (χ2v) is 8.28. The van der Waals surface area contributed by atoms with E-state index in [0.29, 0.717) is 24.9 Å². The Balaban J connectivity index is 1.91. The van der Waals surface area contributed by atoms with Gasteiger partial charge in [-0.25, -0.2) is 0 Å². The lowest BCUT2D eigenvalue weighted by Gasteiger charge is -2.43. The van der Waals surface area contributed by atoms with Crippen LogP contribution in [0.5, 0.6) is 11.5 Å². The first-order chi connectivity index (χ1) is 13.7. The average Bonchev–Trinajstić information content (AvgIpc) is 2.67. The quantitative estimate of drug-likeness (QED) is 0.768. The van der Waals surface area contributed by atoms with Crippen LogP contribution in [0, 0.1) is 0 Å². The summed E-state index contributed by atoms with van der Waals surface area (Å²) in [6, 6.07) is 4.65. The maximum Gasteiger partial charge on any atom is 0.573 e. The van der Waals surface area contributed by atoms with Gasteiger partial charge in [-0.05, 0) is 37.6 Å². The van der Waals surface area contributed by atoms with E-state index in [9.17, 15) is 18.3 Å². The molecular formula is C21H31F3N2O3. The summed E-state index contributed by atoms with van der Waals surface area (Å²) in [5.41, 5.74) is -0.264. The Morgan fingerprint density at radius 1 is 1.07 bits per heavy atom. The van der Waals surface area contributed by atoms with Crippen molar-refractivity contribution in [2.45, 2.75) is 50.0 Å². The average molecular weight is 416 g/mol. The van der Waals surface area contributed by atoms with Gasteiger partial charge >= 0.3 is 6.36 Å². The highest BCUT2D eigenvalue weighted by atomic mass is 19.4. The van der Waals surface area contributed by atoms with E-state index < -0.39 is 12.0 Å². The molecule has 1 N–H and O–H groups in total. The van der Waals surface area contributed by atoms with Crippen LogP contribution in [0.3, 0.4) is 0 Å². The molecule has 164 valence electrons. The number of methoxy groups -OCH3 is 1. The Labute approximate surface area is 170 Å². The molecule has 1 atom stereocenters. The lowest BCUT2D eigenvalue weighted by molar-refractivity contribution is -0.275. The number of hydrogen-bond donors (Lipinski definition) is 1. The summed E-state index contributed by atoms with van der Waals surface area (Å²) in [6.45, 7) is 4.25. The number of hydrogen-bond acceptors (Lipinski definition) is 5. The Morgan fingerprint density at radius 2 is 1.72 bits per heavy atom. The zero-order valence-electron chi connectivity index (χ0n) is 17.2. The molecule has 1 aromatic carbocycles. The van der Waals surface area contributed by atoms with E-state index in [1.807, 2.05) is 0 Å². The zero-order valence-corrected chi connectivity index (χ0v) is 17.2. The second-order valence-electron chi connectivity index (χ2n) is 8.28. The number of ether oxygens (including phenoxy) is 2. The summed E-state index contributed by atoms with van der Waals surface area (Å²) in [5.74, 6) is -0.618. The van der Waals surface area contributed by atoms with Crippen LogP contribution in [-0.4, -0.2) is 73.8 Å². The van der Waals surface area contributed by atoms with Gasteiger partial charge < -0.3 is 24.4 Å². The maximum atomic E-state index is 12.9. The van der Waals surface area contributed by atoms with Crippen molar-refractivity contribution in [3.63, 3.8) is 0 Å². The van der Waals surface area contributed by atoms with Gasteiger partial charge in [-0.15, -0.1) is 13.2 Å². The van der Waals surface area contributed by atoms with Gasteiger partial charge in [0.2, 0.25) is 0 Å². The van der Waals surface area contributed by atoms with E-state index in [1.165, 1.54) is 19.2 Å². The largest absolute Gasteiger partial charge is 0.573 e. The van der Waals surface area contributed by atoms with Crippen LogP contribution in [0.1, 0.15) is 43.6 Å². The van der Waals surface area contributed by atoms with E-state index in [1.54, 1.807) is 6.07 Å². The molecular weight excluding hydrogens is 385 g/mol. The van der Waals surface area contributed by atoms with Crippen LogP contribution in [-0.2, 0) is 0 Å². The molecule has 0 bridgehead atoms. The third-order valence-electron chi connectivity index (χ3n) is 6.22. The minimum absolute atomic E-state index is 0.0278. The molecule has 1 unspecified atom stereocenters. The predicted octanol–water partition coefficient (Wildman–Crippen LogP) is 3.62. The van der Waals surface area contributed by atoms with Crippen molar-refractivity contribution in [3.8, 4) is 11.5 Å². The first kappa shape index (κ1) is 22.2. The van der Waals surface area contributed by atoms with Crippen molar-refractivity contribution in [1.82, 2.24) is 9.80 Å². The second kappa shape index (κ2) is 9.10. The fraction of sp³-hybridized carbons (Fsp3) is 0.714. The topological polar surface area (TPSA) is 45.2 Å². The van der Waals surface area contributed by atoms with Crippen LogP contribution in [0.15, 0.2) is 18.2 Å². The minimum atomic E-state index is -4.80. The summed E-state index contributed by atoms with van der Waals surface area (Å²) >= 11 is 0. The molecule has 0 spiro atoms. The molecule has 5 nitrogen and oxygen atoms in total. The van der Waals surface area contributed by atoms with Crippen LogP contribution < -0.4 is 9.47 Å². The highest BCUT2D eigenvalue weighted by Gasteiger charge is 2.41. The van der Waals surface area contributed by atoms with Crippen LogP contribution in [0.4, 0.5) is 13.2 Å². The fourth-order valence-electron chi connectivity index (χ4n) is 4.50. The number of benzene rings is 1. The molecule has 1 aliphatic carbocycles. The molecule has 2 aliphatic rings. The van der Waals surface area contributed by atoms with E-state index >= 15 is 0 Å². The molecule has 1 aliphatic heterocycles. The van der Waals surface area contributed by atoms with Gasteiger partial charge in [0.1, 0.15) is 0 Å². The molecule has 8 heteroatoms. The van der Waals surface area contributed by atoms with Gasteiger partial charge in [0.15, 0.2) is 11.5 Å². The third-order valence-corrected chi connectivity index (χ3v) is 6.22. The van der Waals surface area contributed by atoms with E-state index in [-0.39, 0.29) is 17.4 Å². The zero-order chi connectivity index (χ0) is 21.1. The summed E-state index contributed by atoms with van der Waals surface area (Å²) < 4.78 is 47.9. The van der Waals surface area contributed by atoms with E-state index in [0.717, 1.165) is 45.4 Å². The van der Waals surface area contributed by atoms with Crippen molar-refractivity contribution in [2.75, 3.05) is 46.9 Å². The van der Waals surface area contributed by atoms with Gasteiger partial charge in [0, 0.05) is 38.6 Å². The minimum Gasteiger partial charge on any atom is -0.493 e. The Kier molecular flexibility index (Phi) is 6.96. The predicted molar refractivity (Wildman–Crippen MR) is 104 cm³/mol. The number of rotatable bonds is 6. The Morgan fingerprint density at radius 3 is 2.31 bits per heavy atom. The number of aliphatic hydroxyl groups is 1. The van der Waals surface area contributed by atoms with Crippen molar-refractivity contribution in [2.24, 2.45) is 0 Å². The van der Waals surface area contributed by atoms with Crippen molar-refractivity contribution >= 4 is 0 Å². The first-order valence-electron chi connectivity index (χ1n) is 10.3. The first-order valence-corrected chi connectivity index (χ1v) is 10.3. The number of likely N-dealkylation sites (N-methyl/N-ethyl adjacent to an activating group) is 1. The Hall–Kier alpha value is -1.51. The van der Waals surface area contributed by atoms with Gasteiger partial charge in [0.05, 0.1) is 12.7 Å². The summed E-state index contributed by atoms with van der Waals surface area (Å²) in [6.07, 6.45) is -0.551. The number of nitrogens with zero attached hydrogens (tertiary/aromatic N) is 2. The van der Waals surface area contributed by atoms with Crippen LogP contribution >= 0.6 is 0 Å². The molecule has 3 rings (SSSR count). The molecule has 1 heterocycles. The van der Waals surface area contributed by atoms with Gasteiger partial charge in [0.25, 0.3) is 0 Å². The normalized spacial score (nSPS) is 22.3. The number of alkyl halides is 3. The monoisotopic (exact) mass is 416 g/mol. The van der Waals surface area contributed by atoms with Crippen molar-refractivity contribution < 1.29 is 27.8 Å². The third kappa shape index (κ3) is 5.77. The van der Waals surface area contributed by atoms with Crippen molar-refractivity contribution in [3.05, 3.63) is 23.8 Å². The molecule has 1 saturated carbocycles. The van der Waals surface area contributed by atoms with E-state index in [4.69, 9.17) is 4.74 Å². The highest BCUT2D eigenvalue weighted by Crippen LogP contribution is 2.43. The lowest BCUT2D eigenvalue weighted by atomic mass is 9.72. The molecule has 1 saturated heterocycles. The SMILES string of the molecule is COc1ccc(C(CN2CCN(C)CC2)C2(O)CCCCC2)cc1OC(F)(F)F. The number of piperazine rings is 1. The van der Waals surface area contributed by atoms with Crippen molar-refractivity contribution in [1.29, 1.82) is 0 Å². The summed E-state index contributed by atoms with van der Waals surface area (Å²) in [4.78, 5) is 4.55. The summed E-state index contributed by atoms with van der Waals surface area (Å²) in [5, 5.41) is 11.5. The molecule has 29 heavy (non-hydrogen) atoms. The van der Waals surface area contributed by atoms with Gasteiger partial charge in [-0.3, -0.25) is 0 Å². The molecule has 0 amide bonds. The van der Waals surface area contributed by atoms with Crippen LogP contribution in [0.2, 0.25) is 0 Å². The molecule has 0 radical (unpaired) electrons. The van der Waals surface area contributed by atoms with E-state index in [2.05, 4.69) is 21.6 Å². The van der Waals surface area contributed by atoms with Gasteiger partial charge in [-0.1, -0.05) is 25.3 Å². The lowest BCUT2D eigenvalue weighted by Crippen LogP contribution is -2.50.